The van der Waals surface area contributed by atoms with Crippen molar-refractivity contribution in [3.8, 4) is 5.75 Å². The third kappa shape index (κ3) is 21.5. The zero-order valence-corrected chi connectivity index (χ0v) is 41.6. The van der Waals surface area contributed by atoms with Crippen LogP contribution in [-0.2, 0) is 58.9 Å². The Morgan fingerprint density at radius 3 is 1.68 bits per heavy atom. The van der Waals surface area contributed by atoms with E-state index >= 15 is 0 Å². The summed E-state index contributed by atoms with van der Waals surface area (Å²) in [7, 11) is -1.52. The second-order valence-electron chi connectivity index (χ2n) is 18.1. The van der Waals surface area contributed by atoms with E-state index in [1.807, 2.05) is 0 Å². The number of aliphatic carboxylic acids is 2. The first-order chi connectivity index (χ1) is 33.1. The Bertz CT molecular complexity index is 2150. The van der Waals surface area contributed by atoms with Crippen LogP contribution in [0.3, 0.4) is 0 Å². The number of primary amides is 2. The van der Waals surface area contributed by atoms with Crippen molar-refractivity contribution >= 4 is 72.7 Å². The van der Waals surface area contributed by atoms with Crippen molar-refractivity contribution in [2.75, 3.05) is 32.8 Å². The van der Waals surface area contributed by atoms with Crippen LogP contribution in [0.2, 0.25) is 5.82 Å². The number of carboxylic acids is 3. The van der Waals surface area contributed by atoms with E-state index in [4.69, 9.17) is 50.4 Å². The van der Waals surface area contributed by atoms with Gasteiger partial charge in [0.1, 0.15) is 36.2 Å². The number of aliphatic hydroxyl groups excluding tert-OH is 1. The van der Waals surface area contributed by atoms with Crippen LogP contribution in [0.5, 0.6) is 5.75 Å². The van der Waals surface area contributed by atoms with E-state index in [1.165, 1.54) is 37.8 Å². The number of nitrogens with two attached hydrogens (primary N) is 2. The highest BCUT2D eigenvalue weighted by Gasteiger charge is 2.42. The first-order valence-electron chi connectivity index (χ1n) is 22.2. The van der Waals surface area contributed by atoms with Gasteiger partial charge in [0.2, 0.25) is 11.8 Å². The first kappa shape index (κ1) is 62.9. The Kier molecular flexibility index (Phi) is 24.5. The zero-order valence-electron chi connectivity index (χ0n) is 41.6. The number of carboxylic acid groups (broad SMARTS) is 3. The van der Waals surface area contributed by atoms with Crippen LogP contribution in [0.15, 0.2) is 18.2 Å². The molecule has 0 saturated carbocycles. The number of fused-ring (bicyclic) bond motifs is 1. The molecule has 28 nitrogen and oxygen atoms in total. The number of Topliss-reactive ketones (excluding diaryl/α,β-unsaturated/α-hetero) is 1. The van der Waals surface area contributed by atoms with Crippen LogP contribution in [0.25, 0.3) is 0 Å². The van der Waals surface area contributed by atoms with Gasteiger partial charge in [-0.05, 0) is 87.3 Å². The van der Waals surface area contributed by atoms with Crippen molar-refractivity contribution in [3.63, 3.8) is 0 Å². The third-order valence-electron chi connectivity index (χ3n) is 9.75. The molecule has 0 aliphatic carbocycles. The van der Waals surface area contributed by atoms with Crippen LogP contribution in [-0.4, -0.2) is 188 Å². The maximum absolute atomic E-state index is 13.3. The molecule has 7 atom stereocenters. The fraction of sp³-hybridized carbons (Fsp3) is 0.605. The quantitative estimate of drug-likeness (QED) is 0.0586. The Labute approximate surface area is 414 Å². The first-order valence-corrected chi connectivity index (χ1v) is 22.2. The number of rotatable bonds is 19. The molecule has 1 aromatic carbocycles. The molecular weight excluding hydrogens is 961 g/mol. The summed E-state index contributed by atoms with van der Waals surface area (Å²) in [5.41, 5.74) is 8.89. The molecule has 1 saturated heterocycles. The number of urea groups is 1. The molecule has 29 heteroatoms. The van der Waals surface area contributed by atoms with Crippen molar-refractivity contribution in [1.82, 2.24) is 25.8 Å². The van der Waals surface area contributed by atoms with Gasteiger partial charge >= 0.3 is 55.1 Å². The highest BCUT2D eigenvalue weighted by Crippen LogP contribution is 2.36. The number of benzene rings is 1. The van der Waals surface area contributed by atoms with Crippen molar-refractivity contribution < 1.29 is 102 Å². The standard InChI is InChI=1S/C23H29BN4O10.C11H20N2O6.C9H17NO5/c1-3-27-7-8-28(21(32)20(27)31)23(35)26-18(12(2)37-11-17(25)30)16(29)10-14-9-13-5-4-6-15(22(33)34)19(13)38-24(14)36;1-6(18-5-7(12)14)8(9(15)16)13-10(17)19-11(2,3)4;1-5(11)6(7(12)13)10-8(14)15-9(2,3)4/h4-6,12,14,18,36H,3,7-11H2,1-2H3,(H2,25,30)(H,26,35)(H,33,34);6,8H,5H2,1-4H3,(H2,12,14)(H,13,17)(H,15,16);5-6,11H,1-4H3,(H,10,14)(H,12,13)/t12-,14-,18-;6-,8-;5-,6-/m111/s1. The van der Waals surface area contributed by atoms with Crippen molar-refractivity contribution in [1.29, 1.82) is 0 Å². The number of ether oxygens (including phenoxy) is 4. The number of nitrogens with zero attached hydrogens (tertiary/aromatic N) is 2. The molecule has 2 aliphatic heterocycles. The number of imide groups is 1. The number of hydrogen-bond donors (Lipinski definition) is 10. The number of carbonyl (C=O) groups excluding carboxylic acids is 8. The molecule has 8 amide bonds. The Balaban J connectivity index is 0.000000634. The summed E-state index contributed by atoms with van der Waals surface area (Å²) in [5, 5.41) is 53.2. The molecule has 2 aliphatic rings. The lowest BCUT2D eigenvalue weighted by molar-refractivity contribution is -0.153. The number of amides is 8. The summed E-state index contributed by atoms with van der Waals surface area (Å²) in [6.45, 7) is 15.1. The smallest absolute Gasteiger partial charge is 0.526 e. The molecule has 3 rings (SSSR count). The normalized spacial score (nSPS) is 16.9. The summed E-state index contributed by atoms with van der Waals surface area (Å²) < 4.78 is 25.5. The number of aromatic carboxylic acids is 1. The summed E-state index contributed by atoms with van der Waals surface area (Å²) in [5.74, 6) is -8.70. The minimum Gasteiger partial charge on any atom is -0.535 e. The summed E-state index contributed by atoms with van der Waals surface area (Å²) in [4.78, 5) is 130. The van der Waals surface area contributed by atoms with E-state index in [9.17, 15) is 62.9 Å². The maximum atomic E-state index is 13.3. The fourth-order valence-electron chi connectivity index (χ4n) is 6.31. The fourth-order valence-corrected chi connectivity index (χ4v) is 6.31. The van der Waals surface area contributed by atoms with Gasteiger partial charge in [0.25, 0.3) is 0 Å². The number of piperazine rings is 1. The van der Waals surface area contributed by atoms with Gasteiger partial charge in [-0.1, -0.05) is 12.1 Å². The second kappa shape index (κ2) is 28.1. The largest absolute Gasteiger partial charge is 0.535 e. The molecule has 0 spiro atoms. The number of ketones is 1. The van der Waals surface area contributed by atoms with E-state index in [1.54, 1.807) is 54.5 Å². The number of aliphatic hydroxyl groups is 1. The van der Waals surface area contributed by atoms with Crippen LogP contribution in [0.1, 0.15) is 91.6 Å². The lowest BCUT2D eigenvalue weighted by Gasteiger charge is -2.34. The summed E-state index contributed by atoms with van der Waals surface area (Å²) in [6, 6.07) is -0.621. The Morgan fingerprint density at radius 2 is 1.25 bits per heavy atom. The molecule has 0 aromatic heterocycles. The number of para-hydroxylation sites is 1. The molecule has 12 N–H and O–H groups in total. The Hall–Kier alpha value is -7.11. The van der Waals surface area contributed by atoms with Gasteiger partial charge in [0, 0.05) is 31.9 Å². The molecule has 0 unspecified atom stereocenters. The lowest BCUT2D eigenvalue weighted by Crippen LogP contribution is -2.61. The van der Waals surface area contributed by atoms with Gasteiger partial charge in [-0.2, -0.15) is 0 Å². The second-order valence-corrected chi connectivity index (χ2v) is 18.1. The highest BCUT2D eigenvalue weighted by molar-refractivity contribution is 6.47. The number of alkyl carbamates (subject to hydrolysis) is 2. The van der Waals surface area contributed by atoms with E-state index in [2.05, 4.69) is 16.0 Å². The number of nitrogens with one attached hydrogen (secondary N) is 3. The van der Waals surface area contributed by atoms with E-state index in [-0.39, 0.29) is 37.2 Å². The molecule has 402 valence electrons. The van der Waals surface area contributed by atoms with Gasteiger partial charge in [0.05, 0.1) is 23.9 Å². The van der Waals surface area contributed by atoms with E-state index in [0.29, 0.717) is 17.0 Å². The van der Waals surface area contributed by atoms with Crippen LogP contribution >= 0.6 is 0 Å². The predicted molar refractivity (Wildman–Crippen MR) is 248 cm³/mol. The summed E-state index contributed by atoms with van der Waals surface area (Å²) >= 11 is 0. The van der Waals surface area contributed by atoms with Gasteiger partial charge in [-0.15, -0.1) is 0 Å². The van der Waals surface area contributed by atoms with Gasteiger partial charge < -0.3 is 81.4 Å². The highest BCUT2D eigenvalue weighted by atomic mass is 16.6. The average molecular weight is 1030 g/mol. The molecule has 1 aromatic rings. The number of hydrogen-bond acceptors (Lipinski definition) is 18. The Morgan fingerprint density at radius 1 is 0.764 bits per heavy atom. The minimum atomic E-state index is -1.52. The van der Waals surface area contributed by atoms with Crippen molar-refractivity contribution in [2.24, 2.45) is 11.5 Å². The number of carbonyl (C=O) groups is 11. The predicted octanol–water partition coefficient (Wildman–Crippen LogP) is -1.01. The zero-order chi connectivity index (χ0) is 55.6. The third-order valence-corrected chi connectivity index (χ3v) is 9.75. The molecule has 72 heavy (non-hydrogen) atoms. The lowest BCUT2D eigenvalue weighted by atomic mass is 9.64. The van der Waals surface area contributed by atoms with Gasteiger partial charge in [0.15, 0.2) is 17.9 Å². The average Bonchev–Trinajstić information content (AvgIpc) is 3.24. The molecular formula is C43H66BN7O21. The molecule has 2 heterocycles. The SMILES string of the molecule is CCN1CCN(C(=O)N[C@@H](C(=O)C[C@H]2Cc3cccc(C(=O)O)c3OB2O)[C@@H](C)OCC(N)=O)C(=O)C1=O.C[C@@H](O)[C@@H](NC(=O)OC(C)(C)C)C(=O)O.C[C@@H](OCC(N)=O)[C@@H](NC(=O)OC(C)(C)C)C(=O)O. The monoisotopic (exact) mass is 1030 g/mol. The van der Waals surface area contributed by atoms with E-state index < -0.39 is 139 Å². The molecule has 0 radical (unpaired) electrons. The minimum absolute atomic E-state index is 0.00797. The van der Waals surface area contributed by atoms with E-state index in [0.717, 1.165) is 0 Å². The number of likely N-dealkylation sites (N-methyl/N-ethyl adjacent to an activating group) is 1. The molecule has 0 bridgehead atoms. The van der Waals surface area contributed by atoms with Crippen molar-refractivity contribution in [3.05, 3.63) is 29.3 Å². The van der Waals surface area contributed by atoms with Crippen molar-refractivity contribution in [2.45, 2.75) is 136 Å². The molecule has 1 fully saturated rings. The van der Waals surface area contributed by atoms with Gasteiger partial charge in [-0.3, -0.25) is 28.9 Å². The van der Waals surface area contributed by atoms with Crippen LogP contribution < -0.4 is 32.1 Å². The van der Waals surface area contributed by atoms with Crippen LogP contribution in [0, 0.1) is 0 Å². The topological polar surface area (TPSA) is 430 Å². The van der Waals surface area contributed by atoms with Gasteiger partial charge in [-0.25, -0.2) is 28.8 Å². The summed E-state index contributed by atoms with van der Waals surface area (Å²) in [6.07, 6.45) is -5.16. The maximum Gasteiger partial charge on any atom is 0.526 e. The van der Waals surface area contributed by atoms with Crippen LogP contribution in [0.4, 0.5) is 14.4 Å².